The Bertz CT molecular complexity index is 1140. The molecule has 0 aromatic carbocycles. The maximum Gasteiger partial charge on any atom is 0.131 e. The average molecular weight is 395 g/mol. The lowest BCUT2D eigenvalue weighted by Gasteiger charge is -2.34. The Labute approximate surface area is 166 Å². The molecule has 144 valence electrons. The van der Waals surface area contributed by atoms with Gasteiger partial charge in [-0.1, -0.05) is 0 Å². The number of H-pyrrole nitrogens is 1. The highest BCUT2D eigenvalue weighted by Crippen LogP contribution is 2.38. The second-order valence-electron chi connectivity index (χ2n) is 7.13. The number of anilines is 1. The summed E-state index contributed by atoms with van der Waals surface area (Å²) in [6.45, 7) is 6.38. The molecule has 5 heterocycles. The lowest BCUT2D eigenvalue weighted by atomic mass is 10.1. The molecular formula is C19H21N7OS. The van der Waals surface area contributed by atoms with E-state index in [1.807, 2.05) is 37.0 Å². The van der Waals surface area contributed by atoms with Crippen LogP contribution >= 0.6 is 11.5 Å². The van der Waals surface area contributed by atoms with E-state index in [4.69, 9.17) is 14.1 Å². The van der Waals surface area contributed by atoms with Crippen LogP contribution in [0.2, 0.25) is 0 Å². The first kappa shape index (κ1) is 17.3. The Kier molecular flexibility index (Phi) is 4.13. The molecule has 0 saturated carbocycles. The summed E-state index contributed by atoms with van der Waals surface area (Å²) in [5, 5.41) is 11.8. The molecule has 1 atom stereocenters. The molecule has 1 saturated heterocycles. The van der Waals surface area contributed by atoms with Crippen LogP contribution in [0.4, 0.5) is 5.82 Å². The summed E-state index contributed by atoms with van der Waals surface area (Å²) in [6, 6.07) is 6.45. The standard InChI is InChI=1S/C19H21N7OS/c1-11-8-14(23-22-11)17-18-19(28-24-17)13(15-4-5-20-25(15)3)9-16(21-18)26-6-7-27-10-12(26)2/h4-5,8-9,12H,6-7,10H2,1-3H3,(H,22,23)/t12-/m1/s1. The minimum Gasteiger partial charge on any atom is -0.377 e. The minimum absolute atomic E-state index is 0.265. The van der Waals surface area contributed by atoms with Crippen molar-refractivity contribution in [1.82, 2.24) is 29.3 Å². The molecule has 9 heteroatoms. The van der Waals surface area contributed by atoms with E-state index in [0.717, 1.165) is 50.9 Å². The molecule has 0 bridgehead atoms. The number of aromatic amines is 1. The van der Waals surface area contributed by atoms with Crippen molar-refractivity contribution in [1.29, 1.82) is 0 Å². The third kappa shape index (κ3) is 2.78. The maximum absolute atomic E-state index is 5.62. The van der Waals surface area contributed by atoms with Gasteiger partial charge in [0.2, 0.25) is 0 Å². The summed E-state index contributed by atoms with van der Waals surface area (Å²) in [5.74, 6) is 0.938. The maximum atomic E-state index is 5.62. The Morgan fingerprint density at radius 2 is 2.21 bits per heavy atom. The lowest BCUT2D eigenvalue weighted by molar-refractivity contribution is 0.0986. The number of rotatable bonds is 3. The van der Waals surface area contributed by atoms with Gasteiger partial charge in [0.15, 0.2) is 0 Å². The van der Waals surface area contributed by atoms with Crippen LogP contribution in [0.25, 0.3) is 32.9 Å². The molecule has 1 N–H and O–H groups in total. The SMILES string of the molecule is Cc1cc(-c2nsc3c(-c4ccnn4C)cc(N4CCOC[C@H]4C)nc23)n[nH]1. The summed E-state index contributed by atoms with van der Waals surface area (Å²) in [7, 11) is 1.96. The van der Waals surface area contributed by atoms with Gasteiger partial charge in [0, 0.05) is 31.0 Å². The van der Waals surface area contributed by atoms with Gasteiger partial charge in [0.05, 0.1) is 29.6 Å². The van der Waals surface area contributed by atoms with Crippen molar-refractivity contribution in [2.24, 2.45) is 7.05 Å². The van der Waals surface area contributed by atoms with Crippen molar-refractivity contribution in [3.8, 4) is 22.6 Å². The number of nitrogens with zero attached hydrogens (tertiary/aromatic N) is 6. The van der Waals surface area contributed by atoms with Crippen LogP contribution in [0, 0.1) is 6.92 Å². The molecule has 1 fully saturated rings. The molecule has 4 aromatic rings. The normalized spacial score (nSPS) is 17.5. The average Bonchev–Trinajstić information content (AvgIpc) is 3.41. The first-order valence-electron chi connectivity index (χ1n) is 9.27. The molecule has 5 rings (SSSR count). The highest BCUT2D eigenvalue weighted by molar-refractivity contribution is 7.14. The molecule has 0 spiro atoms. The molecule has 4 aromatic heterocycles. The van der Waals surface area contributed by atoms with Crippen molar-refractivity contribution >= 4 is 27.6 Å². The first-order chi connectivity index (χ1) is 13.6. The van der Waals surface area contributed by atoms with E-state index in [1.54, 1.807) is 0 Å². The van der Waals surface area contributed by atoms with Crippen molar-refractivity contribution in [3.63, 3.8) is 0 Å². The fourth-order valence-electron chi connectivity index (χ4n) is 3.66. The number of morpholine rings is 1. The Morgan fingerprint density at radius 3 is 2.93 bits per heavy atom. The molecule has 28 heavy (non-hydrogen) atoms. The van der Waals surface area contributed by atoms with Gasteiger partial charge in [-0.05, 0) is 43.6 Å². The number of hydrogen-bond acceptors (Lipinski definition) is 7. The summed E-state index contributed by atoms with van der Waals surface area (Å²) in [4.78, 5) is 7.34. The van der Waals surface area contributed by atoms with Gasteiger partial charge >= 0.3 is 0 Å². The number of fused-ring (bicyclic) bond motifs is 1. The van der Waals surface area contributed by atoms with E-state index < -0.39 is 0 Å². The number of hydrogen-bond donors (Lipinski definition) is 1. The predicted molar refractivity (Wildman–Crippen MR) is 110 cm³/mol. The number of nitrogens with one attached hydrogen (secondary N) is 1. The number of aryl methyl sites for hydroxylation is 2. The summed E-state index contributed by atoms with van der Waals surface area (Å²) >= 11 is 1.46. The molecule has 0 radical (unpaired) electrons. The van der Waals surface area contributed by atoms with E-state index in [1.165, 1.54) is 11.5 Å². The van der Waals surface area contributed by atoms with Crippen molar-refractivity contribution < 1.29 is 4.74 Å². The van der Waals surface area contributed by atoms with Crippen molar-refractivity contribution in [2.45, 2.75) is 19.9 Å². The van der Waals surface area contributed by atoms with Gasteiger partial charge < -0.3 is 9.64 Å². The molecule has 0 aliphatic carbocycles. The molecule has 1 aliphatic rings. The van der Waals surface area contributed by atoms with Gasteiger partial charge in [0.1, 0.15) is 22.7 Å². The van der Waals surface area contributed by atoms with Gasteiger partial charge in [-0.3, -0.25) is 9.78 Å². The highest BCUT2D eigenvalue weighted by Gasteiger charge is 2.25. The predicted octanol–water partition coefficient (Wildman–Crippen LogP) is 3.02. The van der Waals surface area contributed by atoms with Crippen LogP contribution in [0.1, 0.15) is 12.6 Å². The monoisotopic (exact) mass is 395 g/mol. The van der Waals surface area contributed by atoms with Gasteiger partial charge in [0.25, 0.3) is 0 Å². The zero-order valence-electron chi connectivity index (χ0n) is 16.0. The van der Waals surface area contributed by atoms with E-state index >= 15 is 0 Å². The first-order valence-corrected chi connectivity index (χ1v) is 10.0. The smallest absolute Gasteiger partial charge is 0.131 e. The van der Waals surface area contributed by atoms with E-state index in [9.17, 15) is 0 Å². The van der Waals surface area contributed by atoms with Crippen molar-refractivity contribution in [2.75, 3.05) is 24.7 Å². The quantitative estimate of drug-likeness (QED) is 0.574. The topological polar surface area (TPSA) is 84.8 Å². The number of pyridine rings is 1. The van der Waals surface area contributed by atoms with Crippen LogP contribution in [-0.2, 0) is 11.8 Å². The van der Waals surface area contributed by atoms with Crippen LogP contribution < -0.4 is 4.90 Å². The van der Waals surface area contributed by atoms with Gasteiger partial charge in [-0.2, -0.15) is 14.6 Å². The highest BCUT2D eigenvalue weighted by atomic mass is 32.1. The Hall–Kier alpha value is -2.78. The molecule has 1 aliphatic heterocycles. The van der Waals surface area contributed by atoms with Crippen LogP contribution in [0.3, 0.4) is 0 Å². The van der Waals surface area contributed by atoms with Gasteiger partial charge in [-0.15, -0.1) is 0 Å². The van der Waals surface area contributed by atoms with E-state index in [2.05, 4.69) is 33.2 Å². The third-order valence-electron chi connectivity index (χ3n) is 5.12. The largest absolute Gasteiger partial charge is 0.377 e. The van der Waals surface area contributed by atoms with Crippen molar-refractivity contribution in [3.05, 3.63) is 30.1 Å². The summed E-state index contributed by atoms with van der Waals surface area (Å²) < 4.78 is 13.3. The van der Waals surface area contributed by atoms with Crippen LogP contribution in [0.15, 0.2) is 24.4 Å². The zero-order chi connectivity index (χ0) is 19.3. The number of aromatic nitrogens is 6. The van der Waals surface area contributed by atoms with E-state index in [-0.39, 0.29) is 6.04 Å². The van der Waals surface area contributed by atoms with Crippen LogP contribution in [0.5, 0.6) is 0 Å². The van der Waals surface area contributed by atoms with E-state index in [0.29, 0.717) is 13.2 Å². The lowest BCUT2D eigenvalue weighted by Crippen LogP contribution is -2.44. The summed E-state index contributed by atoms with van der Waals surface area (Å²) in [5.41, 5.74) is 5.65. The summed E-state index contributed by atoms with van der Waals surface area (Å²) in [6.07, 6.45) is 1.82. The Morgan fingerprint density at radius 1 is 1.32 bits per heavy atom. The third-order valence-corrected chi connectivity index (χ3v) is 5.99. The fourth-order valence-corrected chi connectivity index (χ4v) is 4.51. The zero-order valence-corrected chi connectivity index (χ0v) is 16.8. The minimum atomic E-state index is 0.265. The van der Waals surface area contributed by atoms with Crippen LogP contribution in [-0.4, -0.2) is 55.1 Å². The molecule has 0 unspecified atom stereocenters. The molecule has 8 nitrogen and oxygen atoms in total. The second kappa shape index (κ2) is 6.68. The second-order valence-corrected chi connectivity index (χ2v) is 7.90. The fraction of sp³-hybridized carbons (Fsp3) is 0.368. The Balaban J connectivity index is 1.75. The number of ether oxygens (including phenoxy) is 1. The van der Waals surface area contributed by atoms with Gasteiger partial charge in [-0.25, -0.2) is 4.98 Å². The molecule has 0 amide bonds. The molecular weight excluding hydrogens is 374 g/mol.